The van der Waals surface area contributed by atoms with Crippen LogP contribution in [0.3, 0.4) is 0 Å². The minimum absolute atomic E-state index is 0. The van der Waals surface area contributed by atoms with Crippen molar-refractivity contribution in [3.8, 4) is 11.4 Å². The molecule has 9 heteroatoms. The van der Waals surface area contributed by atoms with Gasteiger partial charge in [-0.3, -0.25) is 4.79 Å². The molecule has 0 atom stereocenters. The number of rotatable bonds is 3. The maximum atomic E-state index is 12.3. The van der Waals surface area contributed by atoms with Crippen LogP contribution >= 0.6 is 12.4 Å². The van der Waals surface area contributed by atoms with Gasteiger partial charge in [-0.25, -0.2) is 4.52 Å². The number of hydrogen-bond acceptors (Lipinski definition) is 6. The van der Waals surface area contributed by atoms with Gasteiger partial charge in [0.25, 0.3) is 5.56 Å². The van der Waals surface area contributed by atoms with E-state index in [1.807, 2.05) is 4.52 Å². The fraction of sp³-hybridized carbons (Fsp3) is 0.579. The summed E-state index contributed by atoms with van der Waals surface area (Å²) >= 11 is 0. The quantitative estimate of drug-likeness (QED) is 0.696. The molecule has 5 rings (SSSR count). The van der Waals surface area contributed by atoms with Crippen molar-refractivity contribution < 1.29 is 4.52 Å². The van der Waals surface area contributed by atoms with Gasteiger partial charge in [-0.05, 0) is 38.8 Å². The molecular formula is C19H25ClN6O2. The Bertz CT molecular complexity index is 1030. The van der Waals surface area contributed by atoms with Crippen molar-refractivity contribution in [2.24, 2.45) is 0 Å². The first kappa shape index (κ1) is 19.1. The Labute approximate surface area is 168 Å². The minimum atomic E-state index is -0.121. The molecule has 0 amide bonds. The van der Waals surface area contributed by atoms with Gasteiger partial charge in [0.1, 0.15) is 5.65 Å². The summed E-state index contributed by atoms with van der Waals surface area (Å²) in [6.07, 6.45) is 8.24. The van der Waals surface area contributed by atoms with Gasteiger partial charge in [0.2, 0.25) is 11.7 Å². The smallest absolute Gasteiger partial charge is 0.251 e. The lowest BCUT2D eigenvalue weighted by atomic mass is 9.89. The van der Waals surface area contributed by atoms with E-state index in [9.17, 15) is 4.79 Å². The Morgan fingerprint density at radius 3 is 2.75 bits per heavy atom. The molecule has 2 N–H and O–H groups in total. The molecular weight excluding hydrogens is 380 g/mol. The van der Waals surface area contributed by atoms with Crippen molar-refractivity contribution >= 4 is 18.1 Å². The first-order chi connectivity index (χ1) is 13.1. The third-order valence-electron chi connectivity index (χ3n) is 6.18. The van der Waals surface area contributed by atoms with E-state index in [1.54, 1.807) is 12.3 Å². The van der Waals surface area contributed by atoms with Crippen LogP contribution in [0.2, 0.25) is 0 Å². The molecule has 4 heterocycles. The second kappa shape index (κ2) is 7.33. The molecule has 1 saturated carbocycles. The Kier molecular flexibility index (Phi) is 5.01. The van der Waals surface area contributed by atoms with Crippen molar-refractivity contribution in [3.05, 3.63) is 34.2 Å². The summed E-state index contributed by atoms with van der Waals surface area (Å²) in [5.74, 6) is 1.50. The first-order valence-electron chi connectivity index (χ1n) is 9.80. The highest BCUT2D eigenvalue weighted by atomic mass is 35.5. The number of halogens is 1. The molecule has 3 aromatic heterocycles. The number of nitrogens with one attached hydrogen (secondary N) is 2. The molecule has 0 bridgehead atoms. The summed E-state index contributed by atoms with van der Waals surface area (Å²) in [6.45, 7) is 4.10. The third-order valence-corrected chi connectivity index (χ3v) is 6.18. The predicted molar refractivity (Wildman–Crippen MR) is 107 cm³/mol. The Morgan fingerprint density at radius 2 is 2.00 bits per heavy atom. The Hall–Kier alpha value is -2.19. The predicted octanol–water partition coefficient (Wildman–Crippen LogP) is 2.79. The fourth-order valence-electron chi connectivity index (χ4n) is 4.53. The summed E-state index contributed by atoms with van der Waals surface area (Å²) in [6, 6.07) is 1.67. The van der Waals surface area contributed by atoms with Gasteiger partial charge in [-0.1, -0.05) is 24.9 Å². The van der Waals surface area contributed by atoms with E-state index in [0.717, 1.165) is 44.5 Å². The van der Waals surface area contributed by atoms with Crippen LogP contribution in [-0.4, -0.2) is 37.8 Å². The van der Waals surface area contributed by atoms with Gasteiger partial charge in [0.05, 0.1) is 17.5 Å². The standard InChI is InChI=1S/C19H24N6O2.ClH/c1-19(6-2-3-7-19)18-23-16(24-27-18)13-11-21-25-14(10-15(26)22-17(13)25)12-4-8-20-9-5-12;/h10-12,20H,2-9H2,1H3,(H,22,26);1H. The lowest BCUT2D eigenvalue weighted by Gasteiger charge is -2.23. The highest BCUT2D eigenvalue weighted by Crippen LogP contribution is 2.40. The number of hydrogen-bond donors (Lipinski definition) is 2. The second-order valence-electron chi connectivity index (χ2n) is 8.09. The number of aromatic amines is 1. The van der Waals surface area contributed by atoms with Crippen LogP contribution in [0.15, 0.2) is 21.6 Å². The van der Waals surface area contributed by atoms with Crippen LogP contribution in [0.1, 0.15) is 63.0 Å². The molecule has 150 valence electrons. The van der Waals surface area contributed by atoms with E-state index < -0.39 is 0 Å². The van der Waals surface area contributed by atoms with Gasteiger partial charge >= 0.3 is 0 Å². The van der Waals surface area contributed by atoms with Gasteiger partial charge in [0, 0.05) is 17.4 Å². The molecule has 0 spiro atoms. The lowest BCUT2D eigenvalue weighted by Crippen LogP contribution is -2.28. The van der Waals surface area contributed by atoms with Crippen LogP contribution in [0, 0.1) is 0 Å². The summed E-state index contributed by atoms with van der Waals surface area (Å²) in [5, 5.41) is 12.1. The molecule has 2 aliphatic rings. The summed E-state index contributed by atoms with van der Waals surface area (Å²) in [4.78, 5) is 19.9. The maximum absolute atomic E-state index is 12.3. The molecule has 0 aromatic carbocycles. The van der Waals surface area contributed by atoms with Crippen molar-refractivity contribution in [2.45, 2.75) is 56.8 Å². The molecule has 1 aliphatic heterocycles. The van der Waals surface area contributed by atoms with Crippen LogP contribution in [0.4, 0.5) is 0 Å². The zero-order valence-corrected chi connectivity index (χ0v) is 16.7. The molecule has 28 heavy (non-hydrogen) atoms. The molecule has 2 fully saturated rings. The lowest BCUT2D eigenvalue weighted by molar-refractivity contribution is 0.296. The zero-order chi connectivity index (χ0) is 18.4. The molecule has 3 aromatic rings. The fourth-order valence-corrected chi connectivity index (χ4v) is 4.53. The molecule has 8 nitrogen and oxygen atoms in total. The van der Waals surface area contributed by atoms with Crippen LogP contribution < -0.4 is 10.9 Å². The Balaban J connectivity index is 0.00000192. The van der Waals surface area contributed by atoms with Crippen molar-refractivity contribution in [3.63, 3.8) is 0 Å². The van der Waals surface area contributed by atoms with Crippen LogP contribution in [-0.2, 0) is 5.41 Å². The van der Waals surface area contributed by atoms with Gasteiger partial charge in [-0.15, -0.1) is 12.4 Å². The third kappa shape index (κ3) is 3.14. The molecule has 1 aliphatic carbocycles. The summed E-state index contributed by atoms with van der Waals surface area (Å²) < 4.78 is 7.44. The van der Waals surface area contributed by atoms with Crippen molar-refractivity contribution in [1.29, 1.82) is 0 Å². The summed E-state index contributed by atoms with van der Waals surface area (Å²) in [7, 11) is 0. The number of piperidine rings is 1. The highest BCUT2D eigenvalue weighted by molar-refractivity contribution is 5.85. The van der Waals surface area contributed by atoms with Crippen LogP contribution in [0.25, 0.3) is 17.0 Å². The summed E-state index contributed by atoms with van der Waals surface area (Å²) in [5.41, 5.74) is 2.14. The van der Waals surface area contributed by atoms with E-state index in [0.29, 0.717) is 28.8 Å². The zero-order valence-electron chi connectivity index (χ0n) is 15.9. The van der Waals surface area contributed by atoms with Gasteiger partial charge in [-0.2, -0.15) is 10.1 Å². The number of nitrogens with zero attached hydrogens (tertiary/aromatic N) is 4. The molecule has 0 radical (unpaired) electrons. The SMILES string of the molecule is CC1(c2nc(-c3cnn4c(C5CCNCC5)cc(=O)[nH]c34)no2)CCCC1.Cl. The number of aromatic nitrogens is 5. The Morgan fingerprint density at radius 1 is 1.25 bits per heavy atom. The number of fused-ring (bicyclic) bond motifs is 1. The molecule has 0 unspecified atom stereocenters. The second-order valence-corrected chi connectivity index (χ2v) is 8.09. The maximum Gasteiger partial charge on any atom is 0.251 e. The van der Waals surface area contributed by atoms with E-state index in [1.165, 1.54) is 12.8 Å². The van der Waals surface area contributed by atoms with E-state index in [2.05, 4.69) is 32.5 Å². The topological polar surface area (TPSA) is 101 Å². The largest absolute Gasteiger partial charge is 0.338 e. The van der Waals surface area contributed by atoms with E-state index in [4.69, 9.17) is 4.52 Å². The van der Waals surface area contributed by atoms with Crippen molar-refractivity contribution in [2.75, 3.05) is 13.1 Å². The highest BCUT2D eigenvalue weighted by Gasteiger charge is 2.36. The van der Waals surface area contributed by atoms with Crippen molar-refractivity contribution in [1.82, 2.24) is 30.1 Å². The first-order valence-corrected chi connectivity index (χ1v) is 9.80. The van der Waals surface area contributed by atoms with Gasteiger partial charge < -0.3 is 14.8 Å². The monoisotopic (exact) mass is 404 g/mol. The normalized spacial score (nSPS) is 19.8. The number of H-pyrrole nitrogens is 1. The van der Waals surface area contributed by atoms with Crippen LogP contribution in [0.5, 0.6) is 0 Å². The molecule has 1 saturated heterocycles. The van der Waals surface area contributed by atoms with E-state index in [-0.39, 0.29) is 23.4 Å². The minimum Gasteiger partial charge on any atom is -0.338 e. The average molecular weight is 405 g/mol. The average Bonchev–Trinajstić information content (AvgIpc) is 3.41. The van der Waals surface area contributed by atoms with Gasteiger partial charge in [0.15, 0.2) is 0 Å². The van der Waals surface area contributed by atoms with E-state index >= 15 is 0 Å².